The average Bonchev–Trinajstić information content (AvgIpc) is 3.43. The minimum atomic E-state index is -0.127. The van der Waals surface area contributed by atoms with E-state index >= 15 is 0 Å². The maximum absolute atomic E-state index is 13.2. The lowest BCUT2D eigenvalue weighted by atomic mass is 10.0. The zero-order valence-electron chi connectivity index (χ0n) is 16.8. The summed E-state index contributed by atoms with van der Waals surface area (Å²) in [7, 11) is 0. The highest BCUT2D eigenvalue weighted by Gasteiger charge is 2.18. The number of carbonyl (C=O) groups is 1. The Morgan fingerprint density at radius 1 is 1.07 bits per heavy atom. The Kier molecular flexibility index (Phi) is 4.89. The Balaban J connectivity index is 1.47. The van der Waals surface area contributed by atoms with Gasteiger partial charge in [0.1, 0.15) is 5.69 Å². The Morgan fingerprint density at radius 3 is 2.70 bits per heavy atom. The highest BCUT2D eigenvalue weighted by molar-refractivity contribution is 7.22. The smallest absolute Gasteiger partial charge is 0.274 e. The van der Waals surface area contributed by atoms with Crippen molar-refractivity contribution in [3.8, 4) is 0 Å². The summed E-state index contributed by atoms with van der Waals surface area (Å²) in [6.07, 6.45) is 0. The first-order chi connectivity index (χ1) is 14.6. The molecule has 0 aliphatic heterocycles. The number of carbonyl (C=O) groups excluding carboxylic acids is 1. The standard InChI is InChI=1S/C24H21N3OS2/c1-15(2)17-8-9-18-21(12-17)30-24(25-18)26-23(28)20-13-22-19(10-11-29-22)27(20)14-16-6-4-3-5-7-16/h3-13,15H,14H2,1-2H3,(H,25,26,28). The highest BCUT2D eigenvalue weighted by Crippen LogP contribution is 2.31. The predicted octanol–water partition coefficient (Wildman–Crippen LogP) is 6.74. The zero-order valence-corrected chi connectivity index (χ0v) is 18.4. The van der Waals surface area contributed by atoms with Gasteiger partial charge < -0.3 is 4.57 Å². The number of thiazole rings is 1. The molecule has 0 fully saturated rings. The lowest BCUT2D eigenvalue weighted by molar-refractivity contribution is 0.101. The van der Waals surface area contributed by atoms with Gasteiger partial charge in [-0.25, -0.2) is 4.98 Å². The molecule has 4 nitrogen and oxygen atoms in total. The van der Waals surface area contributed by atoms with Crippen LogP contribution in [0.2, 0.25) is 0 Å². The van der Waals surface area contributed by atoms with Crippen molar-refractivity contribution >= 4 is 54.1 Å². The number of nitrogens with one attached hydrogen (secondary N) is 1. The quantitative estimate of drug-likeness (QED) is 0.335. The summed E-state index contributed by atoms with van der Waals surface area (Å²) < 4.78 is 4.29. The zero-order chi connectivity index (χ0) is 20.7. The molecule has 0 bridgehead atoms. The van der Waals surface area contributed by atoms with Crippen LogP contribution in [0.15, 0.2) is 66.0 Å². The van der Waals surface area contributed by atoms with Crippen molar-refractivity contribution in [2.45, 2.75) is 26.3 Å². The topological polar surface area (TPSA) is 46.9 Å². The van der Waals surface area contributed by atoms with Crippen LogP contribution in [-0.4, -0.2) is 15.5 Å². The van der Waals surface area contributed by atoms with E-state index < -0.39 is 0 Å². The SMILES string of the molecule is CC(C)c1ccc2nc(NC(=O)c3cc4sccc4n3Cc3ccccc3)sc2c1. The number of rotatable bonds is 5. The molecule has 3 heterocycles. The van der Waals surface area contributed by atoms with Gasteiger partial charge in [-0.05, 0) is 46.7 Å². The van der Waals surface area contributed by atoms with Gasteiger partial charge in [-0.15, -0.1) is 11.3 Å². The van der Waals surface area contributed by atoms with Gasteiger partial charge in [0.25, 0.3) is 5.91 Å². The van der Waals surface area contributed by atoms with E-state index in [0.29, 0.717) is 23.3 Å². The molecule has 5 aromatic rings. The number of benzene rings is 2. The maximum atomic E-state index is 13.2. The molecule has 0 saturated carbocycles. The van der Waals surface area contributed by atoms with E-state index in [9.17, 15) is 4.79 Å². The summed E-state index contributed by atoms with van der Waals surface area (Å²) >= 11 is 3.17. The average molecular weight is 432 g/mol. The fourth-order valence-electron chi connectivity index (χ4n) is 3.62. The lowest BCUT2D eigenvalue weighted by Gasteiger charge is -2.10. The molecule has 2 aromatic carbocycles. The van der Waals surface area contributed by atoms with Crippen molar-refractivity contribution in [1.29, 1.82) is 0 Å². The van der Waals surface area contributed by atoms with Gasteiger partial charge in [0.15, 0.2) is 5.13 Å². The van der Waals surface area contributed by atoms with E-state index in [1.54, 1.807) is 11.3 Å². The van der Waals surface area contributed by atoms with E-state index in [-0.39, 0.29) is 5.91 Å². The number of hydrogen-bond acceptors (Lipinski definition) is 4. The van der Waals surface area contributed by atoms with Crippen molar-refractivity contribution in [2.24, 2.45) is 0 Å². The molecule has 0 radical (unpaired) electrons. The minimum Gasteiger partial charge on any atom is -0.331 e. The van der Waals surface area contributed by atoms with Crippen LogP contribution in [0.25, 0.3) is 20.4 Å². The van der Waals surface area contributed by atoms with E-state index in [0.717, 1.165) is 26.0 Å². The Labute approximate surface area is 182 Å². The van der Waals surface area contributed by atoms with E-state index in [1.165, 1.54) is 16.9 Å². The molecule has 1 amide bonds. The second-order valence-corrected chi connectivity index (χ2v) is 9.60. The third-order valence-corrected chi connectivity index (χ3v) is 7.03. The molecule has 5 rings (SSSR count). The number of nitrogens with zero attached hydrogens (tertiary/aromatic N) is 2. The minimum absolute atomic E-state index is 0.127. The number of thiophene rings is 1. The first-order valence-corrected chi connectivity index (χ1v) is 11.6. The van der Waals surface area contributed by atoms with Gasteiger partial charge in [-0.1, -0.05) is 61.6 Å². The third kappa shape index (κ3) is 3.53. The summed E-state index contributed by atoms with van der Waals surface area (Å²) in [6.45, 7) is 5.01. The molecular weight excluding hydrogens is 410 g/mol. The molecule has 0 aliphatic rings. The van der Waals surface area contributed by atoms with Crippen molar-refractivity contribution in [3.05, 3.63) is 82.9 Å². The second-order valence-electron chi connectivity index (χ2n) is 7.63. The fourth-order valence-corrected chi connectivity index (χ4v) is 5.35. The van der Waals surface area contributed by atoms with Crippen LogP contribution in [0, 0.1) is 0 Å². The number of fused-ring (bicyclic) bond motifs is 2. The molecular formula is C24H21N3OS2. The second kappa shape index (κ2) is 7.70. The molecule has 0 aliphatic carbocycles. The van der Waals surface area contributed by atoms with E-state index in [4.69, 9.17) is 0 Å². The third-order valence-electron chi connectivity index (χ3n) is 5.24. The number of hydrogen-bond donors (Lipinski definition) is 1. The molecule has 30 heavy (non-hydrogen) atoms. The van der Waals surface area contributed by atoms with Crippen LogP contribution in [0.5, 0.6) is 0 Å². The van der Waals surface area contributed by atoms with Crippen LogP contribution in [-0.2, 0) is 6.54 Å². The Hall–Kier alpha value is -2.96. The molecule has 150 valence electrons. The van der Waals surface area contributed by atoms with Crippen molar-refractivity contribution in [3.63, 3.8) is 0 Å². The van der Waals surface area contributed by atoms with Crippen LogP contribution in [0.1, 0.15) is 41.4 Å². The summed E-state index contributed by atoms with van der Waals surface area (Å²) in [6, 6.07) is 20.6. The van der Waals surface area contributed by atoms with Gasteiger partial charge in [0.05, 0.1) is 20.4 Å². The van der Waals surface area contributed by atoms with E-state index in [1.807, 2.05) is 30.3 Å². The lowest BCUT2D eigenvalue weighted by Crippen LogP contribution is -2.17. The van der Waals surface area contributed by atoms with Gasteiger partial charge in [-0.2, -0.15) is 0 Å². The molecule has 6 heteroatoms. The van der Waals surface area contributed by atoms with Crippen LogP contribution >= 0.6 is 22.7 Å². The van der Waals surface area contributed by atoms with Crippen molar-refractivity contribution < 1.29 is 4.79 Å². The number of amides is 1. The van der Waals surface area contributed by atoms with Gasteiger partial charge in [-0.3, -0.25) is 10.1 Å². The molecule has 0 atom stereocenters. The summed E-state index contributed by atoms with van der Waals surface area (Å²) in [5, 5.41) is 5.72. The normalized spacial score (nSPS) is 11.6. The van der Waals surface area contributed by atoms with Crippen LogP contribution in [0.4, 0.5) is 5.13 Å². The Bertz CT molecular complexity index is 1350. The van der Waals surface area contributed by atoms with Crippen molar-refractivity contribution in [2.75, 3.05) is 5.32 Å². The number of anilines is 1. The first-order valence-electron chi connectivity index (χ1n) is 9.91. The molecule has 0 spiro atoms. The maximum Gasteiger partial charge on any atom is 0.274 e. The van der Waals surface area contributed by atoms with Gasteiger partial charge >= 0.3 is 0 Å². The molecule has 3 aromatic heterocycles. The van der Waals surface area contributed by atoms with Crippen LogP contribution < -0.4 is 5.32 Å². The highest BCUT2D eigenvalue weighted by atomic mass is 32.1. The fraction of sp³-hybridized carbons (Fsp3) is 0.167. The van der Waals surface area contributed by atoms with Crippen molar-refractivity contribution in [1.82, 2.24) is 9.55 Å². The monoisotopic (exact) mass is 431 g/mol. The first kappa shape index (κ1) is 19.0. The van der Waals surface area contributed by atoms with Crippen LogP contribution in [0.3, 0.4) is 0 Å². The Morgan fingerprint density at radius 2 is 1.90 bits per heavy atom. The summed E-state index contributed by atoms with van der Waals surface area (Å²) in [4.78, 5) is 17.8. The van der Waals surface area contributed by atoms with Gasteiger partial charge in [0, 0.05) is 6.54 Å². The predicted molar refractivity (Wildman–Crippen MR) is 127 cm³/mol. The summed E-state index contributed by atoms with van der Waals surface area (Å²) in [5.41, 5.74) is 5.10. The largest absolute Gasteiger partial charge is 0.331 e. The molecule has 1 N–H and O–H groups in total. The molecule has 0 unspecified atom stereocenters. The molecule has 0 saturated heterocycles. The van der Waals surface area contributed by atoms with E-state index in [2.05, 4.69) is 64.4 Å². The number of aromatic nitrogens is 2. The van der Waals surface area contributed by atoms with Gasteiger partial charge in [0.2, 0.25) is 0 Å². The summed E-state index contributed by atoms with van der Waals surface area (Å²) in [5.74, 6) is 0.334.